The number of esters is 1. The van der Waals surface area contributed by atoms with E-state index in [1.54, 1.807) is 19.9 Å². The van der Waals surface area contributed by atoms with Crippen LogP contribution in [-0.4, -0.2) is 38.0 Å². The number of aryl methyl sites for hydroxylation is 1. The lowest BCUT2D eigenvalue weighted by atomic mass is 10.1. The van der Waals surface area contributed by atoms with Crippen molar-refractivity contribution in [2.24, 2.45) is 0 Å². The van der Waals surface area contributed by atoms with Gasteiger partial charge >= 0.3 is 16.1 Å². The van der Waals surface area contributed by atoms with Crippen molar-refractivity contribution in [3.05, 3.63) is 34.3 Å². The molecular weight excluding hydrogens is 390 g/mol. The van der Waals surface area contributed by atoms with Gasteiger partial charge in [0.2, 0.25) is 0 Å². The maximum absolute atomic E-state index is 12.0. The number of ether oxygens (including phenoxy) is 1. The van der Waals surface area contributed by atoms with Crippen LogP contribution >= 0.6 is 11.3 Å². The van der Waals surface area contributed by atoms with Gasteiger partial charge in [0.1, 0.15) is 9.88 Å². The first-order valence-electron chi connectivity index (χ1n) is 8.47. The fraction of sp³-hybridized carbons (Fsp3) is 0.389. The Balaban J connectivity index is 2.32. The SMILES string of the molecule is CCCCS(=O)(=O)Oc1ccc(-c2nc(C)c(C(=O)OCC)s2)cc1C=O. The van der Waals surface area contributed by atoms with Gasteiger partial charge in [-0.1, -0.05) is 13.3 Å². The van der Waals surface area contributed by atoms with Crippen molar-refractivity contribution < 1.29 is 26.9 Å². The lowest BCUT2D eigenvalue weighted by Crippen LogP contribution is -2.14. The van der Waals surface area contributed by atoms with Crippen LogP contribution in [0, 0.1) is 6.92 Å². The number of carbonyl (C=O) groups is 2. The minimum atomic E-state index is -3.76. The second kappa shape index (κ2) is 9.09. The van der Waals surface area contributed by atoms with Crippen LogP contribution in [0.2, 0.25) is 0 Å². The number of thiazole rings is 1. The van der Waals surface area contributed by atoms with E-state index in [-0.39, 0.29) is 23.7 Å². The molecule has 0 N–H and O–H groups in total. The molecule has 27 heavy (non-hydrogen) atoms. The smallest absolute Gasteiger partial charge is 0.350 e. The van der Waals surface area contributed by atoms with Crippen LogP contribution in [0.25, 0.3) is 10.6 Å². The quantitative estimate of drug-likeness (QED) is 0.353. The molecule has 0 atom stereocenters. The molecular formula is C18H21NO6S2. The third kappa shape index (κ3) is 5.36. The van der Waals surface area contributed by atoms with Gasteiger partial charge in [-0.15, -0.1) is 11.3 Å². The van der Waals surface area contributed by atoms with Crippen LogP contribution in [0.15, 0.2) is 18.2 Å². The second-order valence-corrected chi connectivity index (χ2v) is 8.41. The minimum Gasteiger partial charge on any atom is -0.462 e. The first-order valence-corrected chi connectivity index (χ1v) is 10.9. The molecule has 0 aliphatic rings. The fourth-order valence-corrected chi connectivity index (χ4v) is 4.36. The van der Waals surface area contributed by atoms with Crippen molar-refractivity contribution >= 4 is 33.7 Å². The van der Waals surface area contributed by atoms with Crippen molar-refractivity contribution in [2.45, 2.75) is 33.6 Å². The third-order valence-electron chi connectivity index (χ3n) is 3.61. The van der Waals surface area contributed by atoms with Gasteiger partial charge in [0.05, 0.1) is 23.6 Å². The predicted octanol–water partition coefficient (Wildman–Crippen LogP) is 3.62. The minimum absolute atomic E-state index is 0.0243. The summed E-state index contributed by atoms with van der Waals surface area (Å²) >= 11 is 1.15. The molecule has 0 aliphatic carbocycles. The third-order valence-corrected chi connectivity index (χ3v) is 6.01. The number of hydrogen-bond donors (Lipinski definition) is 0. The summed E-state index contributed by atoms with van der Waals surface area (Å²) < 4.78 is 34.0. The van der Waals surface area contributed by atoms with E-state index in [1.807, 2.05) is 6.92 Å². The van der Waals surface area contributed by atoms with Crippen LogP contribution in [0.3, 0.4) is 0 Å². The summed E-state index contributed by atoms with van der Waals surface area (Å²) in [5.74, 6) is -0.585. The van der Waals surface area contributed by atoms with Crippen LogP contribution in [0.4, 0.5) is 0 Å². The average molecular weight is 412 g/mol. The van der Waals surface area contributed by atoms with E-state index in [0.717, 1.165) is 11.3 Å². The standard InChI is InChI=1S/C18H21NO6S2/c1-4-6-9-27(22,23)25-15-8-7-13(10-14(15)11-20)17-19-12(3)16(26-17)18(21)24-5-2/h7-8,10-11H,4-6,9H2,1-3H3. The van der Waals surface area contributed by atoms with E-state index >= 15 is 0 Å². The number of aromatic nitrogens is 1. The van der Waals surface area contributed by atoms with Crippen molar-refractivity contribution in [1.29, 1.82) is 0 Å². The highest BCUT2D eigenvalue weighted by atomic mass is 32.2. The number of nitrogens with zero attached hydrogens (tertiary/aromatic N) is 1. The molecule has 0 amide bonds. The molecule has 0 radical (unpaired) electrons. The lowest BCUT2D eigenvalue weighted by Gasteiger charge is -2.09. The molecule has 0 spiro atoms. The summed E-state index contributed by atoms with van der Waals surface area (Å²) in [5.41, 5.74) is 1.21. The lowest BCUT2D eigenvalue weighted by molar-refractivity contribution is 0.0531. The van der Waals surface area contributed by atoms with Gasteiger partial charge in [0, 0.05) is 5.56 Å². The Labute approximate surface area is 162 Å². The topological polar surface area (TPSA) is 99.6 Å². The summed E-state index contributed by atoms with van der Waals surface area (Å²) in [7, 11) is -3.76. The molecule has 0 aliphatic heterocycles. The van der Waals surface area contributed by atoms with Crippen LogP contribution in [0.1, 0.15) is 52.4 Å². The van der Waals surface area contributed by atoms with Crippen molar-refractivity contribution in [1.82, 2.24) is 4.98 Å². The molecule has 0 unspecified atom stereocenters. The average Bonchev–Trinajstić information content (AvgIpc) is 3.02. The largest absolute Gasteiger partial charge is 0.462 e. The summed E-state index contributed by atoms with van der Waals surface area (Å²) in [4.78, 5) is 28.1. The number of unbranched alkanes of at least 4 members (excludes halogenated alkanes) is 1. The molecule has 1 aromatic heterocycles. The van der Waals surface area contributed by atoms with E-state index in [0.29, 0.717) is 40.3 Å². The molecule has 2 aromatic rings. The predicted molar refractivity (Wildman–Crippen MR) is 103 cm³/mol. The highest BCUT2D eigenvalue weighted by Gasteiger charge is 2.19. The maximum Gasteiger partial charge on any atom is 0.350 e. The monoisotopic (exact) mass is 411 g/mol. The molecule has 1 heterocycles. The van der Waals surface area contributed by atoms with Crippen molar-refractivity contribution in [3.8, 4) is 16.3 Å². The molecule has 0 bridgehead atoms. The van der Waals surface area contributed by atoms with Crippen LogP contribution in [-0.2, 0) is 14.9 Å². The van der Waals surface area contributed by atoms with Gasteiger partial charge in [-0.3, -0.25) is 4.79 Å². The number of carbonyl (C=O) groups excluding carboxylic acids is 2. The molecule has 2 rings (SSSR count). The van der Waals surface area contributed by atoms with Crippen LogP contribution < -0.4 is 4.18 Å². The van der Waals surface area contributed by atoms with Gasteiger partial charge in [0.15, 0.2) is 12.0 Å². The van der Waals surface area contributed by atoms with E-state index in [9.17, 15) is 18.0 Å². The number of hydrogen-bond acceptors (Lipinski definition) is 8. The Morgan fingerprint density at radius 3 is 2.67 bits per heavy atom. The van der Waals surface area contributed by atoms with Gasteiger partial charge in [-0.2, -0.15) is 8.42 Å². The molecule has 0 saturated heterocycles. The van der Waals surface area contributed by atoms with E-state index in [1.165, 1.54) is 12.1 Å². The van der Waals surface area contributed by atoms with Crippen LogP contribution in [0.5, 0.6) is 5.75 Å². The maximum atomic E-state index is 12.0. The van der Waals surface area contributed by atoms with E-state index in [4.69, 9.17) is 8.92 Å². The summed E-state index contributed by atoms with van der Waals surface area (Å²) in [6, 6.07) is 4.51. The first-order chi connectivity index (χ1) is 12.8. The molecule has 0 fully saturated rings. The van der Waals surface area contributed by atoms with Crippen molar-refractivity contribution in [2.75, 3.05) is 12.4 Å². The summed E-state index contributed by atoms with van der Waals surface area (Å²) in [6.45, 7) is 5.56. The second-order valence-electron chi connectivity index (χ2n) is 5.72. The highest BCUT2D eigenvalue weighted by Crippen LogP contribution is 2.31. The Kier molecular flexibility index (Phi) is 7.09. The highest BCUT2D eigenvalue weighted by molar-refractivity contribution is 7.87. The fourth-order valence-electron chi connectivity index (χ4n) is 2.25. The molecule has 0 saturated carbocycles. The molecule has 9 heteroatoms. The first kappa shape index (κ1) is 21.0. The number of benzene rings is 1. The Hall–Kier alpha value is -2.26. The van der Waals surface area contributed by atoms with Gasteiger partial charge in [-0.25, -0.2) is 9.78 Å². The summed E-state index contributed by atoms with van der Waals surface area (Å²) in [6.07, 6.45) is 1.72. The van der Waals surface area contributed by atoms with E-state index < -0.39 is 16.1 Å². The molecule has 1 aromatic carbocycles. The molecule has 7 nitrogen and oxygen atoms in total. The zero-order valence-corrected chi connectivity index (χ0v) is 17.0. The van der Waals surface area contributed by atoms with Gasteiger partial charge in [-0.05, 0) is 38.5 Å². The Bertz CT molecular complexity index is 933. The van der Waals surface area contributed by atoms with Gasteiger partial charge < -0.3 is 8.92 Å². The normalized spacial score (nSPS) is 11.2. The summed E-state index contributed by atoms with van der Waals surface area (Å²) in [5, 5.41) is 0.527. The number of aldehydes is 1. The van der Waals surface area contributed by atoms with Gasteiger partial charge in [0.25, 0.3) is 0 Å². The van der Waals surface area contributed by atoms with Crippen molar-refractivity contribution in [3.63, 3.8) is 0 Å². The molecule has 146 valence electrons. The van der Waals surface area contributed by atoms with E-state index in [2.05, 4.69) is 4.98 Å². The number of rotatable bonds is 9. The Morgan fingerprint density at radius 1 is 1.30 bits per heavy atom. The zero-order chi connectivity index (χ0) is 20.0. The Morgan fingerprint density at radius 2 is 2.04 bits per heavy atom. The zero-order valence-electron chi connectivity index (χ0n) is 15.4.